The van der Waals surface area contributed by atoms with Gasteiger partial charge in [-0.25, -0.2) is 0 Å². The van der Waals surface area contributed by atoms with Gasteiger partial charge in [0, 0.05) is 34.6 Å². The third-order valence-corrected chi connectivity index (χ3v) is 4.36. The average Bonchev–Trinajstić information content (AvgIpc) is 3.00. The van der Waals surface area contributed by atoms with Crippen LogP contribution in [0.2, 0.25) is 0 Å². The van der Waals surface area contributed by atoms with Gasteiger partial charge in [-0.2, -0.15) is 0 Å². The monoisotopic (exact) mass is 447 g/mol. The zero-order valence-electron chi connectivity index (χ0n) is 10.5. The highest BCUT2D eigenvalue weighted by molar-refractivity contribution is 9.09. The highest BCUT2D eigenvalue weighted by Crippen LogP contribution is 2.17. The molecular weight excluding hydrogens is 434 g/mol. The fraction of sp³-hybridized carbons (Fsp3) is 0.200. The first-order valence-electron chi connectivity index (χ1n) is 5.78. The lowest BCUT2D eigenvalue weighted by Gasteiger charge is -2.03. The molecule has 1 aromatic heterocycles. The molecule has 0 fully saturated rings. The number of nitrogens with zero attached hydrogens (tertiary/aromatic N) is 1. The van der Waals surface area contributed by atoms with Gasteiger partial charge in [-0.05, 0) is 28.8 Å². The summed E-state index contributed by atoms with van der Waals surface area (Å²) in [5.74, 6) is 0. The van der Waals surface area contributed by atoms with Crippen LogP contribution in [-0.2, 0) is 16.0 Å². The van der Waals surface area contributed by atoms with Crippen LogP contribution in [0.3, 0.4) is 0 Å². The molecule has 4 heteroatoms. The maximum Gasteiger partial charge on any atom is 0.0283 e. The van der Waals surface area contributed by atoms with Crippen molar-refractivity contribution in [2.24, 2.45) is 0 Å². The molecular formula is C15H16Br3N. The Labute approximate surface area is 140 Å². The standard InChI is InChI=1S/C9H9Br3.C6H7N/c10-4-7-1-8(5-11)3-9(2-7)6-12;1-2-7-5-3-4-6-7/h1-3H,4-6H2;2-6H,1H2. The minimum atomic E-state index is 0.924. The SMILES string of the molecule is BrCc1cc(CBr)cc(CBr)c1.C=Cn1cccc1. The van der Waals surface area contributed by atoms with E-state index in [-0.39, 0.29) is 0 Å². The third kappa shape index (κ3) is 6.11. The molecule has 0 saturated carbocycles. The van der Waals surface area contributed by atoms with E-state index in [4.69, 9.17) is 0 Å². The van der Waals surface area contributed by atoms with Gasteiger partial charge in [0.25, 0.3) is 0 Å². The van der Waals surface area contributed by atoms with Crippen LogP contribution >= 0.6 is 47.8 Å². The fourth-order valence-corrected chi connectivity index (χ4v) is 2.51. The lowest BCUT2D eigenvalue weighted by molar-refractivity contribution is 1.18. The van der Waals surface area contributed by atoms with Crippen molar-refractivity contribution in [3.8, 4) is 0 Å². The average molecular weight is 450 g/mol. The van der Waals surface area contributed by atoms with Gasteiger partial charge >= 0.3 is 0 Å². The Morgan fingerprint density at radius 3 is 1.42 bits per heavy atom. The summed E-state index contributed by atoms with van der Waals surface area (Å²) in [5, 5.41) is 2.77. The summed E-state index contributed by atoms with van der Waals surface area (Å²) in [5.41, 5.74) is 4.00. The zero-order chi connectivity index (χ0) is 14.1. The van der Waals surface area contributed by atoms with E-state index in [1.807, 2.05) is 29.1 Å². The molecule has 0 amide bonds. The third-order valence-electron chi connectivity index (χ3n) is 2.41. The molecule has 0 atom stereocenters. The smallest absolute Gasteiger partial charge is 0.0283 e. The summed E-state index contributed by atoms with van der Waals surface area (Å²) in [6.45, 7) is 3.57. The molecule has 19 heavy (non-hydrogen) atoms. The summed E-state index contributed by atoms with van der Waals surface area (Å²) >= 11 is 10.4. The Kier molecular flexibility index (Phi) is 8.42. The molecule has 2 rings (SSSR count). The lowest BCUT2D eigenvalue weighted by atomic mass is 10.1. The minimum absolute atomic E-state index is 0.924. The van der Waals surface area contributed by atoms with Gasteiger partial charge in [0.05, 0.1) is 0 Å². The normalized spacial score (nSPS) is 9.63. The van der Waals surface area contributed by atoms with Crippen LogP contribution in [0, 0.1) is 0 Å². The van der Waals surface area contributed by atoms with E-state index < -0.39 is 0 Å². The number of benzene rings is 1. The molecule has 0 aliphatic rings. The molecule has 0 unspecified atom stereocenters. The van der Waals surface area contributed by atoms with Crippen molar-refractivity contribution in [1.82, 2.24) is 4.57 Å². The highest BCUT2D eigenvalue weighted by Gasteiger charge is 1.98. The predicted octanol–water partition coefficient (Wildman–Crippen LogP) is 5.96. The first-order valence-corrected chi connectivity index (χ1v) is 9.14. The van der Waals surface area contributed by atoms with E-state index in [9.17, 15) is 0 Å². The topological polar surface area (TPSA) is 4.93 Å². The van der Waals surface area contributed by atoms with E-state index in [0.29, 0.717) is 0 Å². The van der Waals surface area contributed by atoms with Crippen LogP contribution in [0.4, 0.5) is 0 Å². The second-order valence-electron chi connectivity index (χ2n) is 3.87. The number of hydrogen-bond donors (Lipinski definition) is 0. The quantitative estimate of drug-likeness (QED) is 0.507. The molecule has 0 saturated heterocycles. The van der Waals surface area contributed by atoms with Crippen molar-refractivity contribution in [3.05, 3.63) is 66.0 Å². The van der Waals surface area contributed by atoms with Gasteiger partial charge < -0.3 is 4.57 Å². The number of halogens is 3. The van der Waals surface area contributed by atoms with E-state index in [1.54, 1.807) is 6.20 Å². The highest BCUT2D eigenvalue weighted by atomic mass is 79.9. The molecule has 1 heterocycles. The number of aromatic nitrogens is 1. The Balaban J connectivity index is 0.000000218. The molecule has 1 nitrogen and oxygen atoms in total. The van der Waals surface area contributed by atoms with Crippen molar-refractivity contribution in [1.29, 1.82) is 0 Å². The van der Waals surface area contributed by atoms with Crippen molar-refractivity contribution in [2.45, 2.75) is 16.0 Å². The van der Waals surface area contributed by atoms with Gasteiger partial charge in [0.15, 0.2) is 0 Å². The number of alkyl halides is 3. The van der Waals surface area contributed by atoms with Gasteiger partial charge in [-0.1, -0.05) is 72.6 Å². The minimum Gasteiger partial charge on any atom is -0.331 e. The van der Waals surface area contributed by atoms with Crippen LogP contribution in [0.15, 0.2) is 49.3 Å². The van der Waals surface area contributed by atoms with Crippen molar-refractivity contribution < 1.29 is 0 Å². The van der Waals surface area contributed by atoms with E-state index in [0.717, 1.165) is 16.0 Å². The van der Waals surface area contributed by atoms with Crippen LogP contribution < -0.4 is 0 Å². The van der Waals surface area contributed by atoms with Crippen molar-refractivity contribution >= 4 is 54.0 Å². The second kappa shape index (κ2) is 9.56. The molecule has 0 N–H and O–H groups in total. The molecule has 2 aromatic rings. The van der Waals surface area contributed by atoms with Gasteiger partial charge in [0.1, 0.15) is 0 Å². The van der Waals surface area contributed by atoms with Crippen LogP contribution in [-0.4, -0.2) is 4.57 Å². The van der Waals surface area contributed by atoms with E-state index >= 15 is 0 Å². The van der Waals surface area contributed by atoms with Gasteiger partial charge in [0.2, 0.25) is 0 Å². The summed E-state index contributed by atoms with van der Waals surface area (Å²) in [6, 6.07) is 10.5. The summed E-state index contributed by atoms with van der Waals surface area (Å²) in [7, 11) is 0. The van der Waals surface area contributed by atoms with Crippen LogP contribution in [0.5, 0.6) is 0 Å². The Morgan fingerprint density at radius 2 is 1.21 bits per heavy atom. The zero-order valence-corrected chi connectivity index (χ0v) is 15.3. The number of hydrogen-bond acceptors (Lipinski definition) is 0. The molecule has 102 valence electrons. The summed E-state index contributed by atoms with van der Waals surface area (Å²) in [4.78, 5) is 0. The predicted molar refractivity (Wildman–Crippen MR) is 95.2 cm³/mol. The second-order valence-corrected chi connectivity index (χ2v) is 5.55. The molecule has 0 radical (unpaired) electrons. The number of rotatable bonds is 4. The summed E-state index contributed by atoms with van der Waals surface area (Å²) < 4.78 is 1.89. The largest absolute Gasteiger partial charge is 0.331 e. The first-order chi connectivity index (χ1) is 9.23. The van der Waals surface area contributed by atoms with Gasteiger partial charge in [-0.3, -0.25) is 0 Å². The van der Waals surface area contributed by atoms with E-state index in [2.05, 4.69) is 72.6 Å². The maximum atomic E-state index is 3.57. The molecule has 0 aliphatic carbocycles. The van der Waals surface area contributed by atoms with Gasteiger partial charge in [-0.15, -0.1) is 0 Å². The Morgan fingerprint density at radius 1 is 0.842 bits per heavy atom. The lowest BCUT2D eigenvalue weighted by Crippen LogP contribution is -1.87. The fourth-order valence-electron chi connectivity index (χ4n) is 1.54. The molecule has 0 bridgehead atoms. The molecule has 0 aliphatic heterocycles. The summed E-state index contributed by atoms with van der Waals surface area (Å²) in [6.07, 6.45) is 5.62. The van der Waals surface area contributed by atoms with E-state index in [1.165, 1.54) is 16.7 Å². The van der Waals surface area contributed by atoms with Crippen molar-refractivity contribution in [3.63, 3.8) is 0 Å². The molecule has 0 spiro atoms. The molecule has 1 aromatic carbocycles. The Bertz CT molecular complexity index is 437. The van der Waals surface area contributed by atoms with Crippen molar-refractivity contribution in [2.75, 3.05) is 0 Å². The van der Waals surface area contributed by atoms with Crippen LogP contribution in [0.1, 0.15) is 16.7 Å². The first kappa shape index (κ1) is 16.7. The Hall–Kier alpha value is -0.320. The van der Waals surface area contributed by atoms with Crippen LogP contribution in [0.25, 0.3) is 6.20 Å². The maximum absolute atomic E-state index is 3.57.